The van der Waals surface area contributed by atoms with Gasteiger partial charge in [-0.2, -0.15) is 31.4 Å². The van der Waals surface area contributed by atoms with Crippen molar-refractivity contribution in [2.24, 2.45) is 0 Å². The first kappa shape index (κ1) is 23.0. The smallest absolute Gasteiger partial charge is 0.380 e. The van der Waals surface area contributed by atoms with Gasteiger partial charge in [0.05, 0.1) is 16.6 Å². The molecule has 2 aromatic rings. The molecule has 2 N–H and O–H groups in total. The monoisotopic (exact) mass is 451 g/mol. The molecule has 31 heavy (non-hydrogen) atoms. The number of nitrogens with one attached hydrogen (secondary N) is 1. The predicted molar refractivity (Wildman–Crippen MR) is 97.3 cm³/mol. The number of benzene rings is 1. The number of carbonyl (C=O) groups is 1. The van der Waals surface area contributed by atoms with Crippen LogP contribution in [0.4, 0.5) is 26.3 Å². The van der Waals surface area contributed by atoms with E-state index in [1.165, 1.54) is 0 Å². The molecule has 1 aliphatic carbocycles. The van der Waals surface area contributed by atoms with Crippen LogP contribution >= 0.6 is 0 Å². The lowest BCUT2D eigenvalue weighted by atomic mass is 9.75. The summed E-state index contributed by atoms with van der Waals surface area (Å²) in [5.41, 5.74) is -4.43. The van der Waals surface area contributed by atoms with Gasteiger partial charge in [0.25, 0.3) is 5.56 Å². The first-order valence-corrected chi connectivity index (χ1v) is 9.33. The molecular weight excluding hydrogens is 432 g/mol. The maximum Gasteiger partial charge on any atom is 0.417 e. The van der Waals surface area contributed by atoms with Crippen molar-refractivity contribution < 1.29 is 36.2 Å². The fourth-order valence-electron chi connectivity index (χ4n) is 3.52. The number of aromatic nitrogens is 2. The number of rotatable bonds is 4. The van der Waals surface area contributed by atoms with Crippen molar-refractivity contribution in [2.75, 3.05) is 0 Å². The Morgan fingerprint density at radius 1 is 1.23 bits per heavy atom. The fraction of sp³-hybridized carbons (Fsp3) is 0.526. The van der Waals surface area contributed by atoms with Crippen molar-refractivity contribution in [2.45, 2.75) is 63.1 Å². The van der Waals surface area contributed by atoms with Gasteiger partial charge in [0, 0.05) is 24.3 Å². The lowest BCUT2D eigenvalue weighted by molar-refractivity contribution is -0.291. The van der Waals surface area contributed by atoms with Crippen molar-refractivity contribution in [3.63, 3.8) is 0 Å². The summed E-state index contributed by atoms with van der Waals surface area (Å²) in [5.74, 6) is -1.18. The van der Waals surface area contributed by atoms with E-state index >= 15 is 0 Å². The minimum atomic E-state index is -4.81. The van der Waals surface area contributed by atoms with Gasteiger partial charge in [-0.3, -0.25) is 9.59 Å². The van der Waals surface area contributed by atoms with Crippen LogP contribution in [0.5, 0.6) is 0 Å². The average molecular weight is 451 g/mol. The standard InChI is InChI=1S/C19H19F6N3O3/c1-9(2)15-13-5-10(18(20,21)22)3-4-12(13)16(30)28(27-15)8-14(29)26-11-6-17(31,7-11)19(23,24)25/h3-5,9,11,31H,6-8H2,1-2H3,(H,26,29). The van der Waals surface area contributed by atoms with E-state index in [2.05, 4.69) is 10.4 Å². The summed E-state index contributed by atoms with van der Waals surface area (Å²) in [6, 6.07) is 1.67. The Labute approximate surface area is 171 Å². The quantitative estimate of drug-likeness (QED) is 0.700. The lowest BCUT2D eigenvalue weighted by Gasteiger charge is -2.44. The highest BCUT2D eigenvalue weighted by Gasteiger charge is 2.61. The molecule has 1 aromatic carbocycles. The Balaban J connectivity index is 1.85. The highest BCUT2D eigenvalue weighted by Crippen LogP contribution is 2.45. The highest BCUT2D eigenvalue weighted by molar-refractivity contribution is 5.85. The lowest BCUT2D eigenvalue weighted by Crippen LogP contribution is -2.62. The molecular formula is C19H19F6N3O3. The van der Waals surface area contributed by atoms with Gasteiger partial charge in [-0.25, -0.2) is 4.68 Å². The van der Waals surface area contributed by atoms with Crippen LogP contribution in [0.1, 0.15) is 43.9 Å². The normalized spacial score (nSPS) is 21.9. The summed E-state index contributed by atoms with van der Waals surface area (Å²) in [4.78, 5) is 24.9. The van der Waals surface area contributed by atoms with Crippen LogP contribution < -0.4 is 10.9 Å². The van der Waals surface area contributed by atoms with E-state index in [9.17, 15) is 41.0 Å². The number of hydrogen-bond acceptors (Lipinski definition) is 4. The largest absolute Gasteiger partial charge is 0.417 e. The first-order chi connectivity index (χ1) is 14.1. The van der Waals surface area contributed by atoms with Gasteiger partial charge >= 0.3 is 12.4 Å². The number of carbonyl (C=O) groups excluding carboxylic acids is 1. The van der Waals surface area contributed by atoms with Crippen molar-refractivity contribution in [3.05, 3.63) is 39.8 Å². The number of aliphatic hydroxyl groups is 1. The summed E-state index contributed by atoms with van der Waals surface area (Å²) < 4.78 is 77.9. The van der Waals surface area contributed by atoms with Crippen LogP contribution in [0.3, 0.4) is 0 Å². The van der Waals surface area contributed by atoms with E-state index in [1.54, 1.807) is 13.8 Å². The second-order valence-corrected chi connectivity index (χ2v) is 7.96. The Bertz CT molecular complexity index is 1070. The summed E-state index contributed by atoms with van der Waals surface area (Å²) in [6.07, 6.45) is -10.8. The molecule has 0 bridgehead atoms. The number of hydrogen-bond donors (Lipinski definition) is 2. The molecule has 0 aliphatic heterocycles. The molecule has 1 fully saturated rings. The molecule has 1 saturated carbocycles. The minimum Gasteiger partial charge on any atom is -0.380 e. The summed E-state index contributed by atoms with van der Waals surface area (Å²) >= 11 is 0. The van der Waals surface area contributed by atoms with Gasteiger partial charge in [-0.05, 0) is 24.1 Å². The third kappa shape index (κ3) is 4.39. The Morgan fingerprint density at radius 3 is 2.35 bits per heavy atom. The van der Waals surface area contributed by atoms with Crippen molar-refractivity contribution in [3.8, 4) is 0 Å². The zero-order valence-corrected chi connectivity index (χ0v) is 16.4. The van der Waals surface area contributed by atoms with Crippen molar-refractivity contribution >= 4 is 16.7 Å². The fourth-order valence-corrected chi connectivity index (χ4v) is 3.52. The van der Waals surface area contributed by atoms with Crippen LogP contribution in [0, 0.1) is 0 Å². The Kier molecular flexibility index (Phi) is 5.58. The van der Waals surface area contributed by atoms with Gasteiger partial charge in [0.15, 0.2) is 5.60 Å². The van der Waals surface area contributed by atoms with Gasteiger partial charge in [0.2, 0.25) is 5.91 Å². The highest BCUT2D eigenvalue weighted by atomic mass is 19.4. The molecule has 1 aromatic heterocycles. The predicted octanol–water partition coefficient (Wildman–Crippen LogP) is 3.11. The van der Waals surface area contributed by atoms with Crippen LogP contribution in [0.15, 0.2) is 23.0 Å². The number of amides is 1. The second-order valence-electron chi connectivity index (χ2n) is 7.96. The molecule has 0 radical (unpaired) electrons. The molecule has 0 saturated heterocycles. The Morgan fingerprint density at radius 2 is 1.84 bits per heavy atom. The topological polar surface area (TPSA) is 84.2 Å². The SMILES string of the molecule is CC(C)c1nn(CC(=O)NC2CC(O)(C(F)(F)F)C2)c(=O)c2ccc(C(F)(F)F)cc12. The molecule has 6 nitrogen and oxygen atoms in total. The molecule has 170 valence electrons. The van der Waals surface area contributed by atoms with Gasteiger partial charge in [0.1, 0.15) is 6.54 Å². The van der Waals surface area contributed by atoms with Crippen LogP contribution in [-0.2, 0) is 17.5 Å². The van der Waals surface area contributed by atoms with E-state index in [0.717, 1.165) is 22.9 Å². The number of fused-ring (bicyclic) bond motifs is 1. The van der Waals surface area contributed by atoms with Crippen LogP contribution in [0.25, 0.3) is 10.8 Å². The number of alkyl halides is 6. The van der Waals surface area contributed by atoms with Crippen molar-refractivity contribution in [1.29, 1.82) is 0 Å². The maximum absolute atomic E-state index is 13.0. The molecule has 1 aliphatic rings. The summed E-state index contributed by atoms with van der Waals surface area (Å²) in [6.45, 7) is 2.68. The molecule has 0 atom stereocenters. The third-order valence-electron chi connectivity index (χ3n) is 5.22. The van der Waals surface area contributed by atoms with Crippen LogP contribution in [0.2, 0.25) is 0 Å². The number of nitrogens with zero attached hydrogens (tertiary/aromatic N) is 2. The zero-order valence-electron chi connectivity index (χ0n) is 16.4. The molecule has 1 heterocycles. The van der Waals surface area contributed by atoms with Gasteiger partial charge in [-0.1, -0.05) is 13.8 Å². The molecule has 0 unspecified atom stereocenters. The second kappa shape index (κ2) is 7.50. The van der Waals surface area contributed by atoms with Gasteiger partial charge in [-0.15, -0.1) is 0 Å². The molecule has 3 rings (SSSR count). The molecule has 12 heteroatoms. The van der Waals surface area contributed by atoms with Crippen molar-refractivity contribution in [1.82, 2.24) is 15.1 Å². The summed E-state index contributed by atoms with van der Waals surface area (Å²) in [7, 11) is 0. The third-order valence-corrected chi connectivity index (χ3v) is 5.22. The van der Waals surface area contributed by atoms with Gasteiger partial charge < -0.3 is 10.4 Å². The van der Waals surface area contributed by atoms with E-state index in [-0.39, 0.29) is 22.4 Å². The van der Waals surface area contributed by atoms with E-state index in [0.29, 0.717) is 0 Å². The Hall–Kier alpha value is -2.63. The first-order valence-electron chi connectivity index (χ1n) is 9.33. The van der Waals surface area contributed by atoms with Crippen LogP contribution in [-0.4, -0.2) is 38.6 Å². The van der Waals surface area contributed by atoms with E-state index in [1.807, 2.05) is 0 Å². The average Bonchev–Trinajstić information content (AvgIpc) is 2.60. The molecule has 1 amide bonds. The van der Waals surface area contributed by atoms with E-state index in [4.69, 9.17) is 0 Å². The summed E-state index contributed by atoms with van der Waals surface area (Å²) in [5, 5.41) is 15.7. The molecule has 0 spiro atoms. The van der Waals surface area contributed by atoms with E-state index < -0.39 is 60.4 Å². The maximum atomic E-state index is 13.0. The zero-order chi connectivity index (χ0) is 23.4. The number of halogens is 6. The minimum absolute atomic E-state index is 0.0146.